The molecular formula is C14H14F3N3OS. The number of likely N-dealkylation sites (tertiary alicyclic amines) is 1. The van der Waals surface area contributed by atoms with E-state index >= 15 is 0 Å². The Labute approximate surface area is 129 Å². The van der Waals surface area contributed by atoms with Gasteiger partial charge in [0.1, 0.15) is 0 Å². The molecule has 4 nitrogen and oxygen atoms in total. The molecule has 1 fully saturated rings. The molecule has 3 rings (SSSR count). The first kappa shape index (κ1) is 15.4. The van der Waals surface area contributed by atoms with Gasteiger partial charge >= 0.3 is 6.18 Å². The van der Waals surface area contributed by atoms with Gasteiger partial charge in [-0.05, 0) is 29.6 Å². The number of aliphatic hydroxyl groups excluding tert-OH is 1. The largest absolute Gasteiger partial charge is 0.416 e. The van der Waals surface area contributed by atoms with E-state index in [2.05, 4.69) is 9.59 Å². The summed E-state index contributed by atoms with van der Waals surface area (Å²) in [7, 11) is 0. The van der Waals surface area contributed by atoms with E-state index in [9.17, 15) is 18.3 Å². The van der Waals surface area contributed by atoms with Crippen molar-refractivity contribution in [3.05, 3.63) is 46.5 Å². The van der Waals surface area contributed by atoms with Crippen LogP contribution in [-0.2, 0) is 12.7 Å². The first-order chi connectivity index (χ1) is 10.4. The molecule has 0 unspecified atom stereocenters. The molecule has 2 aromatic rings. The second-order valence-corrected chi connectivity index (χ2v) is 5.93. The zero-order valence-corrected chi connectivity index (χ0v) is 12.3. The number of alkyl halides is 3. The fraction of sp³-hybridized carbons (Fsp3) is 0.429. The van der Waals surface area contributed by atoms with Gasteiger partial charge in [0.2, 0.25) is 0 Å². The highest BCUT2D eigenvalue weighted by atomic mass is 32.1. The lowest BCUT2D eigenvalue weighted by Crippen LogP contribution is -2.26. The van der Waals surface area contributed by atoms with Gasteiger partial charge in [-0.25, -0.2) is 0 Å². The average Bonchev–Trinajstić information content (AvgIpc) is 3.08. The molecule has 0 saturated carbocycles. The van der Waals surface area contributed by atoms with Crippen LogP contribution in [0.25, 0.3) is 0 Å². The van der Waals surface area contributed by atoms with Crippen LogP contribution in [0.15, 0.2) is 29.6 Å². The number of β-amino-alcohol motifs (C(OH)–C–C–N with tert-alkyl or cyclic N) is 1. The molecule has 1 aliphatic heterocycles. The molecular weight excluding hydrogens is 315 g/mol. The molecule has 0 aliphatic carbocycles. The average molecular weight is 329 g/mol. The van der Waals surface area contributed by atoms with Gasteiger partial charge in [0.25, 0.3) is 0 Å². The van der Waals surface area contributed by atoms with E-state index in [0.29, 0.717) is 18.8 Å². The van der Waals surface area contributed by atoms with Crippen molar-refractivity contribution in [2.24, 2.45) is 0 Å². The highest BCUT2D eigenvalue weighted by Crippen LogP contribution is 2.40. The van der Waals surface area contributed by atoms with Crippen molar-refractivity contribution in [1.82, 2.24) is 14.5 Å². The van der Waals surface area contributed by atoms with Gasteiger partial charge < -0.3 is 5.11 Å². The molecule has 0 radical (unpaired) electrons. The molecule has 0 spiro atoms. The molecule has 22 heavy (non-hydrogen) atoms. The predicted octanol–water partition coefficient (Wildman–Crippen LogP) is 2.86. The van der Waals surface area contributed by atoms with Crippen LogP contribution in [-0.4, -0.2) is 32.2 Å². The lowest BCUT2D eigenvalue weighted by atomic mass is 9.97. The molecule has 1 aromatic heterocycles. The van der Waals surface area contributed by atoms with Crippen LogP contribution in [0.4, 0.5) is 13.2 Å². The first-order valence-corrected chi connectivity index (χ1v) is 7.63. The fourth-order valence-electron chi connectivity index (χ4n) is 2.88. The van der Waals surface area contributed by atoms with Crippen LogP contribution in [0.2, 0.25) is 0 Å². The molecule has 0 amide bonds. The minimum Gasteiger partial charge on any atom is -0.392 e. The number of benzene rings is 1. The van der Waals surface area contributed by atoms with Crippen molar-refractivity contribution in [1.29, 1.82) is 0 Å². The molecule has 2 heterocycles. The number of aliphatic hydroxyl groups is 1. The third kappa shape index (κ3) is 3.13. The van der Waals surface area contributed by atoms with E-state index in [4.69, 9.17) is 0 Å². The molecule has 1 aliphatic rings. The van der Waals surface area contributed by atoms with E-state index < -0.39 is 23.9 Å². The van der Waals surface area contributed by atoms with Crippen LogP contribution >= 0.6 is 11.5 Å². The van der Waals surface area contributed by atoms with Crippen molar-refractivity contribution in [2.75, 3.05) is 6.54 Å². The second kappa shape index (κ2) is 5.94. The lowest BCUT2D eigenvalue weighted by Gasteiger charge is -2.26. The first-order valence-electron chi connectivity index (χ1n) is 6.79. The summed E-state index contributed by atoms with van der Waals surface area (Å²) in [4.78, 5) is 1.83. The summed E-state index contributed by atoms with van der Waals surface area (Å²) < 4.78 is 43.4. The van der Waals surface area contributed by atoms with Gasteiger partial charge in [-0.2, -0.15) is 13.2 Å². The third-order valence-electron chi connectivity index (χ3n) is 3.78. The van der Waals surface area contributed by atoms with E-state index in [-0.39, 0.29) is 12.0 Å². The van der Waals surface area contributed by atoms with Crippen LogP contribution in [0.1, 0.15) is 29.3 Å². The molecule has 0 bridgehead atoms. The summed E-state index contributed by atoms with van der Waals surface area (Å²) in [5.74, 6) is 0. The maximum absolute atomic E-state index is 13.2. The minimum atomic E-state index is -4.40. The molecule has 1 aromatic carbocycles. The van der Waals surface area contributed by atoms with Crippen LogP contribution < -0.4 is 0 Å². The number of hydrogen-bond donors (Lipinski definition) is 1. The highest BCUT2D eigenvalue weighted by molar-refractivity contribution is 7.03. The number of nitrogens with zero attached hydrogens (tertiary/aromatic N) is 3. The monoisotopic (exact) mass is 329 g/mol. The standard InChI is InChI=1S/C14H14F3N3OS/c15-14(16,17)12-4-2-1-3-11(12)13-5-10(21)7-20(13)6-9-8-22-19-18-9/h1-4,8,10,13,21H,5-7H2/t10-,13+/m0/s1. The Morgan fingerprint density at radius 2 is 2.09 bits per heavy atom. The number of rotatable bonds is 3. The topological polar surface area (TPSA) is 49.2 Å². The summed E-state index contributed by atoms with van der Waals surface area (Å²) in [6.45, 7) is 0.707. The molecule has 1 saturated heterocycles. The van der Waals surface area contributed by atoms with Gasteiger partial charge in [0.05, 0.1) is 17.4 Å². The molecule has 8 heteroatoms. The van der Waals surface area contributed by atoms with Gasteiger partial charge in [0.15, 0.2) is 0 Å². The summed E-state index contributed by atoms with van der Waals surface area (Å²) >= 11 is 1.20. The number of hydrogen-bond acceptors (Lipinski definition) is 5. The second-order valence-electron chi connectivity index (χ2n) is 5.32. The zero-order valence-electron chi connectivity index (χ0n) is 11.5. The predicted molar refractivity (Wildman–Crippen MR) is 75.1 cm³/mol. The van der Waals surface area contributed by atoms with Crippen molar-refractivity contribution >= 4 is 11.5 Å². The van der Waals surface area contributed by atoms with Crippen molar-refractivity contribution in [2.45, 2.75) is 31.3 Å². The van der Waals surface area contributed by atoms with Crippen LogP contribution in [0.3, 0.4) is 0 Å². The van der Waals surface area contributed by atoms with Gasteiger partial charge in [-0.1, -0.05) is 22.7 Å². The summed E-state index contributed by atoms with van der Waals surface area (Å²) in [5.41, 5.74) is 0.263. The van der Waals surface area contributed by atoms with E-state index in [1.54, 1.807) is 11.4 Å². The van der Waals surface area contributed by atoms with Crippen LogP contribution in [0, 0.1) is 0 Å². The maximum atomic E-state index is 13.2. The normalized spacial score (nSPS) is 23.1. The summed E-state index contributed by atoms with van der Waals surface area (Å²) in [5, 5.41) is 15.6. The SMILES string of the molecule is O[C@H]1C[C@H](c2ccccc2C(F)(F)F)N(Cc2csnn2)C1. The van der Waals surface area contributed by atoms with E-state index in [1.807, 2.05) is 4.90 Å². The number of aromatic nitrogens is 2. The van der Waals surface area contributed by atoms with E-state index in [1.165, 1.54) is 23.7 Å². The minimum absolute atomic E-state index is 0.203. The Morgan fingerprint density at radius 3 is 2.77 bits per heavy atom. The van der Waals surface area contributed by atoms with Gasteiger partial charge in [-0.15, -0.1) is 5.10 Å². The number of halogens is 3. The Hall–Kier alpha value is -1.51. The molecule has 118 valence electrons. The zero-order chi connectivity index (χ0) is 15.7. The summed E-state index contributed by atoms with van der Waals surface area (Å²) in [6.07, 6.45) is -4.76. The van der Waals surface area contributed by atoms with Crippen molar-refractivity contribution in [3.8, 4) is 0 Å². The van der Waals surface area contributed by atoms with Crippen molar-refractivity contribution in [3.63, 3.8) is 0 Å². The van der Waals surface area contributed by atoms with Gasteiger partial charge in [0, 0.05) is 24.5 Å². The summed E-state index contributed by atoms with van der Waals surface area (Å²) in [6, 6.07) is 5.07. The fourth-order valence-corrected chi connectivity index (χ4v) is 3.33. The highest BCUT2D eigenvalue weighted by Gasteiger charge is 2.39. The molecule has 2 atom stereocenters. The van der Waals surface area contributed by atoms with E-state index in [0.717, 1.165) is 6.07 Å². The Morgan fingerprint density at radius 1 is 1.32 bits per heavy atom. The Bertz CT molecular complexity index is 633. The smallest absolute Gasteiger partial charge is 0.392 e. The van der Waals surface area contributed by atoms with Crippen molar-refractivity contribution < 1.29 is 18.3 Å². The quantitative estimate of drug-likeness (QED) is 0.941. The Kier molecular flexibility index (Phi) is 4.16. The van der Waals surface area contributed by atoms with Gasteiger partial charge in [-0.3, -0.25) is 4.90 Å². The maximum Gasteiger partial charge on any atom is 0.416 e. The molecule has 1 N–H and O–H groups in total. The third-order valence-corrected chi connectivity index (χ3v) is 4.33. The lowest BCUT2D eigenvalue weighted by molar-refractivity contribution is -0.138. The Balaban J connectivity index is 1.92. The van der Waals surface area contributed by atoms with Crippen LogP contribution in [0.5, 0.6) is 0 Å².